The number of aromatic nitrogens is 1. The number of rotatable bonds is 4. The van der Waals surface area contributed by atoms with Crippen LogP contribution in [0, 0.1) is 5.92 Å². The van der Waals surface area contributed by atoms with Gasteiger partial charge in [-0.15, -0.1) is 0 Å². The summed E-state index contributed by atoms with van der Waals surface area (Å²) in [4.78, 5) is 16.0. The standard InChI is InChI=1S/C15H20Cl2N2O2/c1-2-10-5-7-15(21,8-6-10)9-18-14(20)13-11(16)3-4-12(17)19-13/h3-4,10,21H,2,5-9H2,1H3,(H,18,20). The van der Waals surface area contributed by atoms with Crippen LogP contribution in [0.3, 0.4) is 0 Å². The van der Waals surface area contributed by atoms with Crippen LogP contribution in [0.15, 0.2) is 12.1 Å². The Hall–Kier alpha value is -0.840. The Kier molecular flexibility index (Phi) is 5.47. The van der Waals surface area contributed by atoms with E-state index in [9.17, 15) is 9.90 Å². The molecule has 0 unspecified atom stereocenters. The highest BCUT2D eigenvalue weighted by molar-refractivity contribution is 6.34. The zero-order valence-electron chi connectivity index (χ0n) is 12.0. The van der Waals surface area contributed by atoms with E-state index in [1.54, 1.807) is 0 Å². The molecule has 1 aliphatic rings. The highest BCUT2D eigenvalue weighted by atomic mass is 35.5. The van der Waals surface area contributed by atoms with Gasteiger partial charge in [-0.2, -0.15) is 0 Å². The second-order valence-corrected chi connectivity index (χ2v) is 6.52. The molecule has 0 bridgehead atoms. The van der Waals surface area contributed by atoms with Crippen molar-refractivity contribution in [1.82, 2.24) is 10.3 Å². The fourth-order valence-electron chi connectivity index (χ4n) is 2.71. The lowest BCUT2D eigenvalue weighted by Crippen LogP contribution is -2.45. The molecule has 2 rings (SSSR count). The van der Waals surface area contributed by atoms with Gasteiger partial charge in [0.15, 0.2) is 0 Å². The number of carbonyl (C=O) groups is 1. The number of nitrogens with one attached hydrogen (secondary N) is 1. The first kappa shape index (κ1) is 16.5. The molecule has 1 aromatic heterocycles. The van der Waals surface area contributed by atoms with E-state index in [-0.39, 0.29) is 22.4 Å². The Morgan fingerprint density at radius 2 is 2.10 bits per heavy atom. The van der Waals surface area contributed by atoms with Crippen molar-refractivity contribution in [2.24, 2.45) is 5.92 Å². The van der Waals surface area contributed by atoms with Crippen LogP contribution in [0.1, 0.15) is 49.5 Å². The number of pyridine rings is 1. The quantitative estimate of drug-likeness (QED) is 0.831. The van der Waals surface area contributed by atoms with Crippen LogP contribution in [-0.4, -0.2) is 28.1 Å². The molecule has 1 amide bonds. The first-order chi connectivity index (χ1) is 9.93. The molecule has 2 N–H and O–H groups in total. The minimum Gasteiger partial charge on any atom is -0.388 e. The zero-order chi connectivity index (χ0) is 15.5. The number of hydrogen-bond donors (Lipinski definition) is 2. The largest absolute Gasteiger partial charge is 0.388 e. The molecule has 1 aromatic rings. The summed E-state index contributed by atoms with van der Waals surface area (Å²) in [5, 5.41) is 13.7. The van der Waals surface area contributed by atoms with Crippen LogP contribution in [-0.2, 0) is 0 Å². The molecule has 21 heavy (non-hydrogen) atoms. The topological polar surface area (TPSA) is 62.2 Å². The lowest BCUT2D eigenvalue weighted by Gasteiger charge is -2.35. The summed E-state index contributed by atoms with van der Waals surface area (Å²) in [6.07, 6.45) is 4.56. The van der Waals surface area contributed by atoms with E-state index in [4.69, 9.17) is 23.2 Å². The van der Waals surface area contributed by atoms with Gasteiger partial charge in [0, 0.05) is 6.54 Å². The SMILES string of the molecule is CCC1CCC(O)(CNC(=O)c2nc(Cl)ccc2Cl)CC1. The van der Waals surface area contributed by atoms with Crippen LogP contribution in [0.4, 0.5) is 0 Å². The maximum absolute atomic E-state index is 12.1. The summed E-state index contributed by atoms with van der Waals surface area (Å²) in [5.41, 5.74) is -0.734. The smallest absolute Gasteiger partial charge is 0.271 e. The summed E-state index contributed by atoms with van der Waals surface area (Å²) < 4.78 is 0. The lowest BCUT2D eigenvalue weighted by molar-refractivity contribution is -0.00790. The third kappa shape index (κ3) is 4.31. The molecule has 1 fully saturated rings. The maximum atomic E-state index is 12.1. The Morgan fingerprint density at radius 3 is 2.71 bits per heavy atom. The molecule has 0 radical (unpaired) electrons. The van der Waals surface area contributed by atoms with Crippen molar-refractivity contribution in [2.75, 3.05) is 6.54 Å². The molecule has 0 atom stereocenters. The fraction of sp³-hybridized carbons (Fsp3) is 0.600. The van der Waals surface area contributed by atoms with Gasteiger partial charge < -0.3 is 10.4 Å². The van der Waals surface area contributed by atoms with Crippen LogP contribution >= 0.6 is 23.2 Å². The van der Waals surface area contributed by atoms with Crippen molar-refractivity contribution in [1.29, 1.82) is 0 Å². The minimum absolute atomic E-state index is 0.0926. The van der Waals surface area contributed by atoms with Gasteiger partial charge in [-0.25, -0.2) is 4.98 Å². The first-order valence-electron chi connectivity index (χ1n) is 7.26. The highest BCUT2D eigenvalue weighted by Crippen LogP contribution is 2.33. The summed E-state index contributed by atoms with van der Waals surface area (Å²) in [6, 6.07) is 3.06. The predicted molar refractivity (Wildman–Crippen MR) is 83.8 cm³/mol. The number of halogens is 2. The Balaban J connectivity index is 1.93. The molecule has 4 nitrogen and oxygen atoms in total. The Labute approximate surface area is 134 Å². The van der Waals surface area contributed by atoms with E-state index >= 15 is 0 Å². The zero-order valence-corrected chi connectivity index (χ0v) is 13.5. The second-order valence-electron chi connectivity index (χ2n) is 5.72. The van der Waals surface area contributed by atoms with Crippen molar-refractivity contribution in [3.8, 4) is 0 Å². The Bertz CT molecular complexity index is 514. The van der Waals surface area contributed by atoms with Gasteiger partial charge in [0.25, 0.3) is 5.91 Å². The van der Waals surface area contributed by atoms with Crippen molar-refractivity contribution < 1.29 is 9.90 Å². The third-order valence-electron chi connectivity index (χ3n) is 4.22. The van der Waals surface area contributed by atoms with Gasteiger partial charge in [-0.05, 0) is 43.7 Å². The van der Waals surface area contributed by atoms with E-state index < -0.39 is 11.5 Å². The number of nitrogens with zero attached hydrogens (tertiary/aromatic N) is 1. The summed E-state index contributed by atoms with van der Waals surface area (Å²) >= 11 is 11.7. The van der Waals surface area contributed by atoms with E-state index in [0.29, 0.717) is 18.8 Å². The minimum atomic E-state index is -0.827. The van der Waals surface area contributed by atoms with E-state index in [1.807, 2.05) is 0 Å². The number of carbonyl (C=O) groups excluding carboxylic acids is 1. The molecule has 1 saturated carbocycles. The molecule has 1 aliphatic carbocycles. The monoisotopic (exact) mass is 330 g/mol. The van der Waals surface area contributed by atoms with Gasteiger partial charge in [-0.1, -0.05) is 36.5 Å². The summed E-state index contributed by atoms with van der Waals surface area (Å²) in [5.74, 6) is 0.276. The van der Waals surface area contributed by atoms with Crippen molar-refractivity contribution in [3.63, 3.8) is 0 Å². The maximum Gasteiger partial charge on any atom is 0.271 e. The molecule has 1 heterocycles. The average molecular weight is 331 g/mol. The van der Waals surface area contributed by atoms with E-state index in [2.05, 4.69) is 17.2 Å². The molecule has 0 spiro atoms. The van der Waals surface area contributed by atoms with E-state index in [0.717, 1.165) is 19.3 Å². The number of amides is 1. The first-order valence-corrected chi connectivity index (χ1v) is 8.02. The normalized spacial score (nSPS) is 25.6. The van der Waals surface area contributed by atoms with Crippen molar-refractivity contribution >= 4 is 29.1 Å². The van der Waals surface area contributed by atoms with Crippen LogP contribution in [0.25, 0.3) is 0 Å². The molecule has 0 aromatic carbocycles. The van der Waals surface area contributed by atoms with Gasteiger partial charge in [0.1, 0.15) is 10.8 Å². The summed E-state index contributed by atoms with van der Waals surface area (Å²) in [7, 11) is 0. The molecular formula is C15H20Cl2N2O2. The van der Waals surface area contributed by atoms with Crippen molar-refractivity contribution in [2.45, 2.75) is 44.6 Å². The average Bonchev–Trinajstić information content (AvgIpc) is 2.48. The second kappa shape index (κ2) is 6.95. The number of aliphatic hydroxyl groups is 1. The fourth-order valence-corrected chi connectivity index (χ4v) is 3.04. The van der Waals surface area contributed by atoms with Gasteiger partial charge in [-0.3, -0.25) is 4.79 Å². The molecule has 0 saturated heterocycles. The molecule has 6 heteroatoms. The highest BCUT2D eigenvalue weighted by Gasteiger charge is 2.33. The van der Waals surface area contributed by atoms with Gasteiger partial charge >= 0.3 is 0 Å². The van der Waals surface area contributed by atoms with Crippen molar-refractivity contribution in [3.05, 3.63) is 28.0 Å². The third-order valence-corrected chi connectivity index (χ3v) is 4.73. The lowest BCUT2D eigenvalue weighted by atomic mass is 9.78. The molecule has 0 aliphatic heterocycles. The van der Waals surface area contributed by atoms with Gasteiger partial charge in [0.2, 0.25) is 0 Å². The predicted octanol–water partition coefficient (Wildman–Crippen LogP) is 3.45. The van der Waals surface area contributed by atoms with Gasteiger partial charge in [0.05, 0.1) is 10.6 Å². The number of hydrogen-bond acceptors (Lipinski definition) is 3. The molecule has 116 valence electrons. The van der Waals surface area contributed by atoms with E-state index in [1.165, 1.54) is 12.1 Å². The Morgan fingerprint density at radius 1 is 1.43 bits per heavy atom. The molecular weight excluding hydrogens is 311 g/mol. The van der Waals surface area contributed by atoms with Crippen LogP contribution in [0.5, 0.6) is 0 Å². The van der Waals surface area contributed by atoms with Crippen LogP contribution < -0.4 is 5.32 Å². The summed E-state index contributed by atoms with van der Waals surface area (Å²) in [6.45, 7) is 2.39. The van der Waals surface area contributed by atoms with Crippen LogP contribution in [0.2, 0.25) is 10.2 Å².